The normalized spacial score (nSPS) is 13.3. The van der Waals surface area contributed by atoms with E-state index in [-0.39, 0.29) is 17.1 Å². The largest absolute Gasteiger partial charge is 0.373 e. The second-order valence-corrected chi connectivity index (χ2v) is 12.5. The summed E-state index contributed by atoms with van der Waals surface area (Å²) in [4.78, 5) is 13.0. The number of Topliss-reactive ketones (excluding diaryl/α,β-unsaturated/α-hetero) is 1. The van der Waals surface area contributed by atoms with Crippen molar-refractivity contribution in [3.05, 3.63) is 0 Å². The van der Waals surface area contributed by atoms with Crippen LogP contribution < -0.4 is 5.32 Å². The zero-order chi connectivity index (χ0) is 27.8. The van der Waals surface area contributed by atoms with Crippen LogP contribution in [-0.4, -0.2) is 43.3 Å². The molecule has 0 saturated carbocycles. The van der Waals surface area contributed by atoms with Crippen LogP contribution >= 0.6 is 0 Å². The molecule has 1 atom stereocenters. The molecule has 0 fully saturated rings. The predicted octanol–water partition coefficient (Wildman–Crippen LogP) is 9.43. The van der Waals surface area contributed by atoms with Gasteiger partial charge in [0.2, 0.25) is 0 Å². The van der Waals surface area contributed by atoms with Crippen molar-refractivity contribution in [1.29, 1.82) is 0 Å². The van der Waals surface area contributed by atoms with Crippen LogP contribution in [0.3, 0.4) is 0 Å². The van der Waals surface area contributed by atoms with Crippen LogP contribution in [0.1, 0.15) is 164 Å². The van der Waals surface area contributed by atoms with Gasteiger partial charge in [0.25, 0.3) is 0 Å². The van der Waals surface area contributed by atoms with E-state index in [1.54, 1.807) is 0 Å². The Balaban J connectivity index is 4.14. The lowest BCUT2D eigenvalue weighted by atomic mass is 9.87. The molecule has 0 radical (unpaired) electrons. The molecule has 0 aromatic carbocycles. The van der Waals surface area contributed by atoms with Crippen LogP contribution in [0.15, 0.2) is 0 Å². The Hall–Kier alpha value is -0.450. The zero-order valence-electron chi connectivity index (χ0n) is 26.4. The summed E-state index contributed by atoms with van der Waals surface area (Å²) in [6.45, 7) is 18.6. The van der Waals surface area contributed by atoms with Crippen molar-refractivity contribution in [1.82, 2.24) is 5.32 Å². The van der Waals surface area contributed by atoms with Crippen LogP contribution in [0.2, 0.25) is 0 Å². The molecule has 0 saturated heterocycles. The van der Waals surface area contributed by atoms with Crippen molar-refractivity contribution in [3.8, 4) is 0 Å². The topological polar surface area (TPSA) is 47.6 Å². The standard InChI is InChI=1S/C33H67NO3/c1-8-11-14-16-17-20-26-34-27-25-33(6,7)37-29-28-36-32(4,5)24-23-31(35)30(21-18-13-10-3)22-19-15-12-9-2/h30,34H,8-29H2,1-7H3. The highest BCUT2D eigenvalue weighted by molar-refractivity contribution is 5.81. The van der Waals surface area contributed by atoms with E-state index in [0.717, 1.165) is 38.8 Å². The fraction of sp³-hybridized carbons (Fsp3) is 0.970. The van der Waals surface area contributed by atoms with E-state index in [1.165, 1.54) is 83.5 Å². The van der Waals surface area contributed by atoms with Gasteiger partial charge in [0.1, 0.15) is 5.78 Å². The number of rotatable bonds is 28. The van der Waals surface area contributed by atoms with E-state index >= 15 is 0 Å². The maximum atomic E-state index is 13.0. The molecule has 0 bridgehead atoms. The van der Waals surface area contributed by atoms with Crippen molar-refractivity contribution in [2.45, 2.75) is 175 Å². The molecule has 4 heteroatoms. The molecule has 37 heavy (non-hydrogen) atoms. The van der Waals surface area contributed by atoms with Gasteiger partial charge in [0.05, 0.1) is 24.4 Å². The van der Waals surface area contributed by atoms with Crippen LogP contribution in [0.25, 0.3) is 0 Å². The van der Waals surface area contributed by atoms with Crippen molar-refractivity contribution >= 4 is 5.78 Å². The second kappa shape index (κ2) is 23.4. The first kappa shape index (κ1) is 36.5. The number of carbonyl (C=O) groups is 1. The summed E-state index contributed by atoms with van der Waals surface area (Å²) in [6.07, 6.45) is 21.2. The van der Waals surface area contributed by atoms with Crippen molar-refractivity contribution < 1.29 is 14.3 Å². The maximum absolute atomic E-state index is 13.0. The smallest absolute Gasteiger partial charge is 0.136 e. The maximum Gasteiger partial charge on any atom is 0.136 e. The minimum absolute atomic E-state index is 0.152. The lowest BCUT2D eigenvalue weighted by Gasteiger charge is -2.29. The van der Waals surface area contributed by atoms with Crippen LogP contribution in [0.4, 0.5) is 0 Å². The summed E-state index contributed by atoms with van der Waals surface area (Å²) < 4.78 is 12.3. The van der Waals surface area contributed by atoms with Crippen molar-refractivity contribution in [2.24, 2.45) is 5.92 Å². The SMILES string of the molecule is CCCCCCCCNCCC(C)(C)OCCOC(C)(C)CCC(=O)C(CCCCC)CCCCCC. The molecule has 0 aromatic heterocycles. The van der Waals surface area contributed by atoms with Gasteiger partial charge in [-0.25, -0.2) is 0 Å². The molecule has 0 aromatic rings. The van der Waals surface area contributed by atoms with Gasteiger partial charge in [-0.05, 0) is 72.9 Å². The van der Waals surface area contributed by atoms with Gasteiger partial charge in [-0.3, -0.25) is 4.79 Å². The Morgan fingerprint density at radius 3 is 1.68 bits per heavy atom. The van der Waals surface area contributed by atoms with E-state index < -0.39 is 0 Å². The number of nitrogens with one attached hydrogen (secondary N) is 1. The van der Waals surface area contributed by atoms with Crippen LogP contribution in [0.5, 0.6) is 0 Å². The van der Waals surface area contributed by atoms with Gasteiger partial charge in [0.15, 0.2) is 0 Å². The quantitative estimate of drug-likeness (QED) is 0.103. The fourth-order valence-electron chi connectivity index (χ4n) is 4.88. The van der Waals surface area contributed by atoms with Gasteiger partial charge < -0.3 is 14.8 Å². The summed E-state index contributed by atoms with van der Waals surface area (Å²) in [5, 5.41) is 3.57. The Bertz CT molecular complexity index is 518. The molecule has 0 aliphatic heterocycles. The van der Waals surface area contributed by atoms with E-state index in [4.69, 9.17) is 9.47 Å². The average molecular weight is 526 g/mol. The van der Waals surface area contributed by atoms with Gasteiger partial charge in [-0.1, -0.05) is 97.8 Å². The highest BCUT2D eigenvalue weighted by atomic mass is 16.5. The molecule has 0 aliphatic carbocycles. The van der Waals surface area contributed by atoms with Crippen LogP contribution in [-0.2, 0) is 14.3 Å². The Kier molecular flexibility index (Phi) is 23.2. The van der Waals surface area contributed by atoms with E-state index in [0.29, 0.717) is 25.4 Å². The summed E-state index contributed by atoms with van der Waals surface area (Å²) in [5.74, 6) is 0.702. The third-order valence-electron chi connectivity index (χ3n) is 7.67. The van der Waals surface area contributed by atoms with E-state index in [9.17, 15) is 4.79 Å². The van der Waals surface area contributed by atoms with Crippen molar-refractivity contribution in [2.75, 3.05) is 26.3 Å². The molecule has 222 valence electrons. The minimum Gasteiger partial charge on any atom is -0.373 e. The number of hydrogen-bond acceptors (Lipinski definition) is 4. The van der Waals surface area contributed by atoms with E-state index in [1.807, 2.05) is 0 Å². The third kappa shape index (κ3) is 23.2. The number of ether oxygens (including phenoxy) is 2. The molecule has 0 rings (SSSR count). The lowest BCUT2D eigenvalue weighted by molar-refractivity contribution is -0.126. The van der Waals surface area contributed by atoms with Gasteiger partial charge in [-0.15, -0.1) is 0 Å². The highest BCUT2D eigenvalue weighted by Gasteiger charge is 2.24. The van der Waals surface area contributed by atoms with Gasteiger partial charge in [-0.2, -0.15) is 0 Å². The molecule has 0 spiro atoms. The number of unbranched alkanes of at least 4 members (excludes halogenated alkanes) is 10. The second-order valence-electron chi connectivity index (χ2n) is 12.5. The van der Waals surface area contributed by atoms with Crippen molar-refractivity contribution in [3.63, 3.8) is 0 Å². The van der Waals surface area contributed by atoms with Gasteiger partial charge >= 0.3 is 0 Å². The van der Waals surface area contributed by atoms with E-state index in [2.05, 4.69) is 53.8 Å². The average Bonchev–Trinajstić information content (AvgIpc) is 2.86. The Morgan fingerprint density at radius 1 is 0.622 bits per heavy atom. The van der Waals surface area contributed by atoms with Gasteiger partial charge in [0, 0.05) is 12.3 Å². The van der Waals surface area contributed by atoms with Crippen LogP contribution in [0, 0.1) is 5.92 Å². The first-order valence-corrected chi connectivity index (χ1v) is 16.2. The minimum atomic E-state index is -0.294. The first-order chi connectivity index (χ1) is 17.7. The molecule has 0 heterocycles. The predicted molar refractivity (Wildman–Crippen MR) is 162 cm³/mol. The lowest BCUT2D eigenvalue weighted by Crippen LogP contribution is -2.33. The number of hydrogen-bond donors (Lipinski definition) is 1. The molecule has 4 nitrogen and oxygen atoms in total. The molecule has 0 amide bonds. The molecular weight excluding hydrogens is 458 g/mol. The Labute approximate surface area is 232 Å². The first-order valence-electron chi connectivity index (χ1n) is 16.2. The molecule has 1 N–H and O–H groups in total. The zero-order valence-corrected chi connectivity index (χ0v) is 26.4. The summed E-state index contributed by atoms with van der Waals surface area (Å²) >= 11 is 0. The monoisotopic (exact) mass is 526 g/mol. The third-order valence-corrected chi connectivity index (χ3v) is 7.67. The summed E-state index contributed by atoms with van der Waals surface area (Å²) in [6, 6.07) is 0. The molecule has 1 unspecified atom stereocenters. The summed E-state index contributed by atoms with van der Waals surface area (Å²) in [7, 11) is 0. The highest BCUT2D eigenvalue weighted by Crippen LogP contribution is 2.24. The number of carbonyl (C=O) groups excluding carboxylic acids is 1. The Morgan fingerprint density at radius 2 is 1.08 bits per heavy atom. The fourth-order valence-corrected chi connectivity index (χ4v) is 4.88. The summed E-state index contributed by atoms with van der Waals surface area (Å²) in [5.41, 5.74) is -0.445. The molecular formula is C33H67NO3. The molecule has 0 aliphatic rings. The number of ketones is 1.